The molecule has 9 heteroatoms. The molecule has 0 bridgehead atoms. The van der Waals surface area contributed by atoms with Gasteiger partial charge in [0.25, 0.3) is 0 Å². The molecule has 0 aliphatic rings. The van der Waals surface area contributed by atoms with Crippen LogP contribution in [-0.4, -0.2) is 58.6 Å². The maximum atomic E-state index is 14.5. The Morgan fingerprint density at radius 3 is 1.60 bits per heavy atom. The van der Waals surface area contributed by atoms with Crippen molar-refractivity contribution in [2.75, 3.05) is 6.54 Å². The van der Waals surface area contributed by atoms with E-state index in [4.69, 9.17) is 9.47 Å². The molecule has 3 rings (SSSR count). The quantitative estimate of drug-likeness (QED) is 0.207. The third-order valence-electron chi connectivity index (χ3n) is 7.45. The average Bonchev–Trinajstić information content (AvgIpc) is 3.02. The molecule has 0 aliphatic carbocycles. The van der Waals surface area contributed by atoms with E-state index in [-0.39, 0.29) is 19.4 Å². The Labute approximate surface area is 285 Å². The van der Waals surface area contributed by atoms with Gasteiger partial charge < -0.3 is 25.0 Å². The van der Waals surface area contributed by atoms with E-state index in [0.717, 1.165) is 23.1 Å². The molecule has 0 spiro atoms. The lowest BCUT2D eigenvalue weighted by atomic mass is 9.98. The lowest BCUT2D eigenvalue weighted by molar-refractivity contribution is -0.159. The number of benzene rings is 3. The van der Waals surface area contributed by atoms with E-state index in [2.05, 4.69) is 10.6 Å². The molecule has 3 amide bonds. The normalized spacial score (nSPS) is 13.4. The molecule has 258 valence electrons. The molecule has 3 unspecified atom stereocenters. The fourth-order valence-electron chi connectivity index (χ4n) is 5.24. The van der Waals surface area contributed by atoms with Crippen LogP contribution in [0.2, 0.25) is 0 Å². The average molecular weight is 658 g/mol. The van der Waals surface area contributed by atoms with E-state index in [0.29, 0.717) is 5.56 Å². The standard InChI is InChI=1S/C39H51N3O6/c1-9-27-21-23-30(24-22-27)33(34(43)40-32(36(45)47-38(3,4)5)26-29-19-15-12-16-20-29)42(10-2)35(44)31(25-28-17-13-11-14-18-28)41-37(46)48-39(6,7)8/h11-24,31-33H,9-10,25-26H2,1-8H3,(H,40,43)(H,41,46). The Morgan fingerprint density at radius 1 is 0.646 bits per heavy atom. The number of likely N-dealkylation sites (N-methyl/N-ethyl adjacent to an activating group) is 1. The minimum Gasteiger partial charge on any atom is -0.458 e. The summed E-state index contributed by atoms with van der Waals surface area (Å²) in [5.74, 6) is -1.59. The molecular weight excluding hydrogens is 606 g/mol. The van der Waals surface area contributed by atoms with Crippen molar-refractivity contribution in [3.63, 3.8) is 0 Å². The highest BCUT2D eigenvalue weighted by Crippen LogP contribution is 2.25. The molecule has 3 aromatic rings. The highest BCUT2D eigenvalue weighted by atomic mass is 16.6. The maximum absolute atomic E-state index is 14.5. The van der Waals surface area contributed by atoms with Crippen LogP contribution in [0.4, 0.5) is 4.79 Å². The van der Waals surface area contributed by atoms with Gasteiger partial charge in [-0.2, -0.15) is 0 Å². The van der Waals surface area contributed by atoms with Crippen LogP contribution in [0, 0.1) is 0 Å². The van der Waals surface area contributed by atoms with Gasteiger partial charge in [0.2, 0.25) is 11.8 Å². The van der Waals surface area contributed by atoms with Gasteiger partial charge in [-0.1, -0.05) is 91.9 Å². The van der Waals surface area contributed by atoms with E-state index in [1.165, 1.54) is 4.90 Å². The van der Waals surface area contributed by atoms with Crippen molar-refractivity contribution in [1.29, 1.82) is 0 Å². The van der Waals surface area contributed by atoms with Crippen LogP contribution in [0.1, 0.15) is 83.7 Å². The second-order valence-corrected chi connectivity index (χ2v) is 13.8. The van der Waals surface area contributed by atoms with Crippen LogP contribution in [0.3, 0.4) is 0 Å². The summed E-state index contributed by atoms with van der Waals surface area (Å²) >= 11 is 0. The van der Waals surface area contributed by atoms with Crippen LogP contribution in [-0.2, 0) is 43.1 Å². The zero-order valence-corrected chi connectivity index (χ0v) is 29.5. The molecule has 0 saturated carbocycles. The van der Waals surface area contributed by atoms with Gasteiger partial charge in [-0.3, -0.25) is 9.59 Å². The predicted octanol–water partition coefficient (Wildman–Crippen LogP) is 6.34. The van der Waals surface area contributed by atoms with Gasteiger partial charge in [-0.15, -0.1) is 0 Å². The second-order valence-electron chi connectivity index (χ2n) is 13.8. The van der Waals surface area contributed by atoms with Crippen LogP contribution in [0.5, 0.6) is 0 Å². The van der Waals surface area contributed by atoms with E-state index in [9.17, 15) is 19.2 Å². The fraction of sp³-hybridized carbons (Fsp3) is 0.436. The summed E-state index contributed by atoms with van der Waals surface area (Å²) in [6, 6.07) is 23.0. The molecule has 0 radical (unpaired) electrons. The van der Waals surface area contributed by atoms with Crippen molar-refractivity contribution in [1.82, 2.24) is 15.5 Å². The van der Waals surface area contributed by atoms with Crippen molar-refractivity contribution in [3.05, 3.63) is 107 Å². The van der Waals surface area contributed by atoms with E-state index in [1.54, 1.807) is 48.5 Å². The van der Waals surface area contributed by atoms with E-state index < -0.39 is 53.2 Å². The largest absolute Gasteiger partial charge is 0.458 e. The first-order chi connectivity index (χ1) is 22.6. The van der Waals surface area contributed by atoms with Crippen molar-refractivity contribution in [2.45, 2.75) is 104 Å². The number of hydrogen-bond acceptors (Lipinski definition) is 6. The van der Waals surface area contributed by atoms with Gasteiger partial charge in [-0.05, 0) is 77.1 Å². The number of esters is 1. The third kappa shape index (κ3) is 11.9. The summed E-state index contributed by atoms with van der Waals surface area (Å²) in [6.45, 7) is 14.5. The molecule has 3 atom stereocenters. The Balaban J connectivity index is 2.05. The summed E-state index contributed by atoms with van der Waals surface area (Å²) < 4.78 is 11.2. The minimum absolute atomic E-state index is 0.142. The number of nitrogens with one attached hydrogen (secondary N) is 2. The summed E-state index contributed by atoms with van der Waals surface area (Å²) in [5, 5.41) is 5.69. The zero-order chi connectivity index (χ0) is 35.5. The maximum Gasteiger partial charge on any atom is 0.408 e. The number of amides is 3. The molecule has 0 saturated heterocycles. The number of aryl methyl sites for hydroxylation is 1. The molecule has 3 aromatic carbocycles. The highest BCUT2D eigenvalue weighted by Gasteiger charge is 2.38. The summed E-state index contributed by atoms with van der Waals surface area (Å²) in [4.78, 5) is 56.9. The number of hydrogen-bond donors (Lipinski definition) is 2. The minimum atomic E-state index is -1.12. The molecule has 0 heterocycles. The third-order valence-corrected chi connectivity index (χ3v) is 7.45. The Hall–Kier alpha value is -4.66. The number of rotatable bonds is 13. The van der Waals surface area contributed by atoms with E-state index >= 15 is 0 Å². The topological polar surface area (TPSA) is 114 Å². The molecule has 48 heavy (non-hydrogen) atoms. The second kappa shape index (κ2) is 16.9. The first kappa shape index (κ1) is 37.8. The van der Waals surface area contributed by atoms with Crippen molar-refractivity contribution in [3.8, 4) is 0 Å². The molecule has 0 aromatic heterocycles. The van der Waals surface area contributed by atoms with Crippen molar-refractivity contribution in [2.24, 2.45) is 0 Å². The molecule has 0 fully saturated rings. The first-order valence-electron chi connectivity index (χ1n) is 16.6. The number of alkyl carbamates (subject to hydrolysis) is 1. The summed E-state index contributed by atoms with van der Waals surface area (Å²) in [7, 11) is 0. The van der Waals surface area contributed by atoms with Gasteiger partial charge in [0.15, 0.2) is 0 Å². The lowest BCUT2D eigenvalue weighted by Crippen LogP contribution is -2.55. The number of ether oxygens (including phenoxy) is 2. The summed E-state index contributed by atoms with van der Waals surface area (Å²) in [5.41, 5.74) is 1.73. The number of nitrogens with zero attached hydrogens (tertiary/aromatic N) is 1. The SMILES string of the molecule is CCc1ccc(C(C(=O)NC(Cc2ccccc2)C(=O)OC(C)(C)C)N(CC)C(=O)C(Cc2ccccc2)NC(=O)OC(C)(C)C)cc1. The van der Waals surface area contributed by atoms with Crippen molar-refractivity contribution >= 4 is 23.9 Å². The summed E-state index contributed by atoms with van der Waals surface area (Å²) in [6.07, 6.45) is 0.422. The molecular formula is C39H51N3O6. The first-order valence-corrected chi connectivity index (χ1v) is 16.6. The Morgan fingerprint density at radius 2 is 1.15 bits per heavy atom. The van der Waals surface area contributed by atoms with Crippen LogP contribution in [0.15, 0.2) is 84.9 Å². The smallest absolute Gasteiger partial charge is 0.408 e. The monoisotopic (exact) mass is 657 g/mol. The van der Waals surface area contributed by atoms with Gasteiger partial charge in [0.1, 0.15) is 29.3 Å². The molecule has 9 nitrogen and oxygen atoms in total. The highest BCUT2D eigenvalue weighted by molar-refractivity contribution is 5.94. The lowest BCUT2D eigenvalue weighted by Gasteiger charge is -2.35. The van der Waals surface area contributed by atoms with Crippen molar-refractivity contribution < 1.29 is 28.7 Å². The van der Waals surface area contributed by atoms with Gasteiger partial charge in [0.05, 0.1) is 0 Å². The Kier molecular flexibility index (Phi) is 13.3. The van der Waals surface area contributed by atoms with Crippen LogP contribution in [0.25, 0.3) is 0 Å². The molecule has 2 N–H and O–H groups in total. The van der Waals surface area contributed by atoms with Crippen LogP contribution >= 0.6 is 0 Å². The number of carbonyl (C=O) groups is 4. The van der Waals surface area contributed by atoms with Crippen LogP contribution < -0.4 is 10.6 Å². The predicted molar refractivity (Wildman–Crippen MR) is 187 cm³/mol. The van der Waals surface area contributed by atoms with E-state index in [1.807, 2.05) is 91.9 Å². The fourth-order valence-corrected chi connectivity index (χ4v) is 5.24. The van der Waals surface area contributed by atoms with Gasteiger partial charge in [0, 0.05) is 19.4 Å². The van der Waals surface area contributed by atoms with Gasteiger partial charge in [-0.25, -0.2) is 9.59 Å². The molecule has 0 aliphatic heterocycles. The Bertz CT molecular complexity index is 1490. The van der Waals surface area contributed by atoms with Gasteiger partial charge >= 0.3 is 12.1 Å². The number of carbonyl (C=O) groups excluding carboxylic acids is 4. The zero-order valence-electron chi connectivity index (χ0n) is 29.5.